The fourth-order valence-electron chi connectivity index (χ4n) is 1.78. The largest absolute Gasteiger partial charge is 0.321 e. The molecule has 2 aromatic rings. The average molecular weight is 262 g/mol. The molecule has 0 aliphatic rings. The summed E-state index contributed by atoms with van der Waals surface area (Å²) in [5.74, 6) is -0.00514. The number of rotatable bonds is 4. The molecule has 0 radical (unpaired) electrons. The minimum atomic E-state index is -0.472. The summed E-state index contributed by atoms with van der Waals surface area (Å²) in [6.07, 6.45) is 0.578. The van der Waals surface area contributed by atoms with Crippen LogP contribution in [-0.4, -0.2) is 11.8 Å². The number of halogens is 1. The van der Waals surface area contributed by atoms with Gasteiger partial charge in [-0.3, -0.25) is 4.79 Å². The van der Waals surface area contributed by atoms with Crippen molar-refractivity contribution in [3.8, 4) is 0 Å². The topological polar surface area (TPSA) is 43.1 Å². The molecule has 0 bridgehead atoms. The molecule has 3 heteroatoms. The first kappa shape index (κ1) is 14.4. The van der Waals surface area contributed by atoms with Crippen LogP contribution in [-0.2, 0) is 6.42 Å². The van der Waals surface area contributed by atoms with Crippen molar-refractivity contribution in [3.63, 3.8) is 0 Å². The molecule has 94 valence electrons. The molecule has 0 saturated carbocycles. The number of Topliss-reactive ketones (excluding diaryl/α,β-unsaturated/α-hetero) is 1. The molecule has 0 amide bonds. The summed E-state index contributed by atoms with van der Waals surface area (Å²) in [4.78, 5) is 12.0. The monoisotopic (exact) mass is 261 g/mol. The van der Waals surface area contributed by atoms with Crippen LogP contribution in [0.25, 0.3) is 0 Å². The maximum Gasteiger partial charge on any atom is 0.179 e. The molecule has 0 saturated heterocycles. The fourth-order valence-corrected chi connectivity index (χ4v) is 1.78. The number of carbonyl (C=O) groups excluding carboxylic acids is 1. The summed E-state index contributed by atoms with van der Waals surface area (Å²) in [6.45, 7) is 0. The van der Waals surface area contributed by atoms with E-state index in [2.05, 4.69) is 0 Å². The number of ketones is 1. The zero-order chi connectivity index (χ0) is 12.1. The van der Waals surface area contributed by atoms with E-state index in [1.54, 1.807) is 12.1 Å². The summed E-state index contributed by atoms with van der Waals surface area (Å²) in [6, 6.07) is 18.5. The van der Waals surface area contributed by atoms with Crippen LogP contribution in [0.3, 0.4) is 0 Å². The van der Waals surface area contributed by atoms with Crippen molar-refractivity contribution in [2.24, 2.45) is 5.73 Å². The van der Waals surface area contributed by atoms with Crippen molar-refractivity contribution in [1.29, 1.82) is 0 Å². The first-order valence-corrected chi connectivity index (χ1v) is 5.66. The predicted octanol–water partition coefficient (Wildman–Crippen LogP) is 2.86. The molecule has 0 heterocycles. The van der Waals surface area contributed by atoms with Crippen LogP contribution in [0, 0.1) is 0 Å². The van der Waals surface area contributed by atoms with Gasteiger partial charge in [-0.1, -0.05) is 60.7 Å². The normalized spacial score (nSPS) is 11.4. The Balaban J connectivity index is 0.00000162. The molecule has 1 atom stereocenters. The van der Waals surface area contributed by atoms with Gasteiger partial charge in [0.1, 0.15) is 0 Å². The molecule has 2 rings (SSSR count). The Bertz CT molecular complexity index is 484. The van der Waals surface area contributed by atoms with Gasteiger partial charge in [0.25, 0.3) is 0 Å². The minimum absolute atomic E-state index is 0. The highest BCUT2D eigenvalue weighted by molar-refractivity contribution is 6.00. The number of hydrogen-bond acceptors (Lipinski definition) is 2. The lowest BCUT2D eigenvalue weighted by Gasteiger charge is -2.10. The third-order valence-corrected chi connectivity index (χ3v) is 2.69. The highest BCUT2D eigenvalue weighted by Gasteiger charge is 2.15. The van der Waals surface area contributed by atoms with E-state index in [0.29, 0.717) is 12.0 Å². The summed E-state index contributed by atoms with van der Waals surface area (Å²) in [5.41, 5.74) is 7.70. The van der Waals surface area contributed by atoms with Crippen molar-refractivity contribution < 1.29 is 4.79 Å². The van der Waals surface area contributed by atoms with Gasteiger partial charge in [-0.25, -0.2) is 0 Å². The second-order valence-electron chi connectivity index (χ2n) is 4.03. The van der Waals surface area contributed by atoms with E-state index in [1.165, 1.54) is 0 Å². The Hall–Kier alpha value is -1.64. The second kappa shape index (κ2) is 6.94. The van der Waals surface area contributed by atoms with Gasteiger partial charge in [-0.2, -0.15) is 0 Å². The van der Waals surface area contributed by atoms with E-state index in [0.717, 1.165) is 5.56 Å². The highest BCUT2D eigenvalue weighted by Crippen LogP contribution is 2.07. The summed E-state index contributed by atoms with van der Waals surface area (Å²) in [5, 5.41) is 0. The summed E-state index contributed by atoms with van der Waals surface area (Å²) < 4.78 is 0. The van der Waals surface area contributed by atoms with E-state index in [1.807, 2.05) is 48.5 Å². The maximum absolute atomic E-state index is 12.0. The van der Waals surface area contributed by atoms with Gasteiger partial charge < -0.3 is 5.73 Å². The van der Waals surface area contributed by atoms with E-state index in [-0.39, 0.29) is 18.2 Å². The molecule has 0 spiro atoms. The first-order valence-electron chi connectivity index (χ1n) is 5.66. The number of hydrogen-bond donors (Lipinski definition) is 1. The molecule has 18 heavy (non-hydrogen) atoms. The van der Waals surface area contributed by atoms with Crippen LogP contribution >= 0.6 is 12.4 Å². The molecular weight excluding hydrogens is 246 g/mol. The lowest BCUT2D eigenvalue weighted by Crippen LogP contribution is -2.32. The van der Waals surface area contributed by atoms with Crippen molar-refractivity contribution in [3.05, 3.63) is 71.8 Å². The Labute approximate surface area is 113 Å². The van der Waals surface area contributed by atoms with Crippen LogP contribution in [0.2, 0.25) is 0 Å². The van der Waals surface area contributed by atoms with E-state index in [4.69, 9.17) is 5.73 Å². The zero-order valence-corrected chi connectivity index (χ0v) is 10.8. The zero-order valence-electron chi connectivity index (χ0n) is 9.95. The second-order valence-corrected chi connectivity index (χ2v) is 4.03. The summed E-state index contributed by atoms with van der Waals surface area (Å²) in [7, 11) is 0. The van der Waals surface area contributed by atoms with Crippen molar-refractivity contribution in [2.45, 2.75) is 12.5 Å². The van der Waals surface area contributed by atoms with Crippen LogP contribution in [0.4, 0.5) is 0 Å². The fraction of sp³-hybridized carbons (Fsp3) is 0.133. The van der Waals surface area contributed by atoms with Crippen molar-refractivity contribution in [2.75, 3.05) is 0 Å². The van der Waals surface area contributed by atoms with Crippen LogP contribution in [0.1, 0.15) is 15.9 Å². The van der Waals surface area contributed by atoms with Gasteiger partial charge in [0, 0.05) is 5.56 Å². The Morgan fingerprint density at radius 1 is 0.944 bits per heavy atom. The third kappa shape index (κ3) is 3.69. The summed E-state index contributed by atoms with van der Waals surface area (Å²) >= 11 is 0. The van der Waals surface area contributed by atoms with Gasteiger partial charge in [0.15, 0.2) is 5.78 Å². The van der Waals surface area contributed by atoms with E-state index >= 15 is 0 Å². The third-order valence-electron chi connectivity index (χ3n) is 2.69. The Morgan fingerprint density at radius 3 is 2.00 bits per heavy atom. The molecule has 2 N–H and O–H groups in total. The number of nitrogens with two attached hydrogens (primary N) is 1. The molecule has 0 fully saturated rings. The predicted molar refractivity (Wildman–Crippen MR) is 76.1 cm³/mol. The molecule has 0 aromatic heterocycles. The molecular formula is C15H16ClNO. The molecule has 2 nitrogen and oxygen atoms in total. The van der Waals surface area contributed by atoms with E-state index < -0.39 is 6.04 Å². The quantitative estimate of drug-likeness (QED) is 0.860. The SMILES string of the molecule is Cl.N[C@@H](Cc1ccccc1)C(=O)c1ccccc1. The first-order chi connectivity index (χ1) is 8.27. The van der Waals surface area contributed by atoms with Gasteiger partial charge >= 0.3 is 0 Å². The van der Waals surface area contributed by atoms with Gasteiger partial charge in [-0.05, 0) is 12.0 Å². The van der Waals surface area contributed by atoms with Crippen LogP contribution in [0.15, 0.2) is 60.7 Å². The van der Waals surface area contributed by atoms with Gasteiger partial charge in [0.2, 0.25) is 0 Å². The standard InChI is InChI=1S/C15H15NO.ClH/c16-14(11-12-7-3-1-4-8-12)15(17)13-9-5-2-6-10-13;/h1-10,14H,11,16H2;1H/t14-;/m0./s1. The van der Waals surface area contributed by atoms with Crippen LogP contribution in [0.5, 0.6) is 0 Å². The van der Waals surface area contributed by atoms with Gasteiger partial charge in [-0.15, -0.1) is 12.4 Å². The maximum atomic E-state index is 12.0. The number of benzene rings is 2. The smallest absolute Gasteiger partial charge is 0.179 e. The molecule has 0 aliphatic heterocycles. The lowest BCUT2D eigenvalue weighted by molar-refractivity contribution is 0.0961. The minimum Gasteiger partial charge on any atom is -0.321 e. The van der Waals surface area contributed by atoms with Gasteiger partial charge in [0.05, 0.1) is 6.04 Å². The highest BCUT2D eigenvalue weighted by atomic mass is 35.5. The van der Waals surface area contributed by atoms with Crippen LogP contribution < -0.4 is 5.73 Å². The Morgan fingerprint density at radius 2 is 1.44 bits per heavy atom. The Kier molecular flexibility index (Phi) is 5.56. The van der Waals surface area contributed by atoms with E-state index in [9.17, 15) is 4.79 Å². The molecule has 0 aliphatic carbocycles. The lowest BCUT2D eigenvalue weighted by atomic mass is 9.98. The molecule has 2 aromatic carbocycles. The number of carbonyl (C=O) groups is 1. The molecule has 0 unspecified atom stereocenters. The average Bonchev–Trinajstić information content (AvgIpc) is 2.40. The van der Waals surface area contributed by atoms with Crippen molar-refractivity contribution >= 4 is 18.2 Å². The van der Waals surface area contributed by atoms with Crippen molar-refractivity contribution in [1.82, 2.24) is 0 Å².